The third-order valence-corrected chi connectivity index (χ3v) is 4.49. The lowest BCUT2D eigenvalue weighted by Crippen LogP contribution is -2.13. The monoisotopic (exact) mass is 386 g/mol. The van der Waals surface area contributed by atoms with Gasteiger partial charge in [0.1, 0.15) is 11.5 Å². The van der Waals surface area contributed by atoms with E-state index in [1.165, 1.54) is 12.2 Å². The highest BCUT2D eigenvalue weighted by Gasteiger charge is 2.11. The van der Waals surface area contributed by atoms with Crippen molar-refractivity contribution in [1.82, 2.24) is 4.98 Å². The van der Waals surface area contributed by atoms with Crippen LogP contribution in [0, 0.1) is 6.92 Å². The van der Waals surface area contributed by atoms with Gasteiger partial charge < -0.3 is 15.2 Å². The van der Waals surface area contributed by atoms with Gasteiger partial charge in [0.05, 0.1) is 7.11 Å². The van der Waals surface area contributed by atoms with Crippen LogP contribution >= 0.6 is 0 Å². The van der Waals surface area contributed by atoms with Crippen LogP contribution in [0.5, 0.6) is 5.75 Å². The summed E-state index contributed by atoms with van der Waals surface area (Å²) in [5, 5.41) is 13.0. The minimum absolute atomic E-state index is 0.125. The summed E-state index contributed by atoms with van der Waals surface area (Å²) in [5.74, 6) is 0.626. The Balaban J connectivity index is 1.87. The Kier molecular flexibility index (Phi) is 6.09. The number of pyridine rings is 1. The number of methoxy groups -OCH3 is 1. The molecule has 0 saturated heterocycles. The summed E-state index contributed by atoms with van der Waals surface area (Å²) in [7, 11) is 1.60. The molecule has 0 aliphatic heterocycles. The van der Waals surface area contributed by atoms with Crippen molar-refractivity contribution in [3.05, 3.63) is 96.3 Å². The van der Waals surface area contributed by atoms with Crippen molar-refractivity contribution in [2.75, 3.05) is 12.4 Å². The van der Waals surface area contributed by atoms with Crippen LogP contribution < -0.4 is 10.1 Å². The predicted octanol–water partition coefficient (Wildman–Crippen LogP) is 5.40. The molecule has 0 saturated carbocycles. The number of aromatic nitrogens is 1. The lowest BCUT2D eigenvalue weighted by atomic mass is 10.0. The summed E-state index contributed by atoms with van der Waals surface area (Å²) in [6.07, 6.45) is 6.32. The van der Waals surface area contributed by atoms with Crippen molar-refractivity contribution >= 4 is 17.4 Å². The van der Waals surface area contributed by atoms with E-state index in [0.29, 0.717) is 22.6 Å². The highest BCUT2D eigenvalue weighted by atomic mass is 16.5. The van der Waals surface area contributed by atoms with Crippen LogP contribution in [-0.4, -0.2) is 23.1 Å². The number of carbonyl (C=O) groups is 1. The highest BCUT2D eigenvalue weighted by Crippen LogP contribution is 2.33. The van der Waals surface area contributed by atoms with E-state index in [9.17, 15) is 9.90 Å². The second-order valence-corrected chi connectivity index (χ2v) is 6.42. The third-order valence-electron chi connectivity index (χ3n) is 4.49. The van der Waals surface area contributed by atoms with Crippen molar-refractivity contribution in [1.29, 1.82) is 0 Å². The molecule has 3 rings (SSSR count). The van der Waals surface area contributed by atoms with Gasteiger partial charge in [-0.25, -0.2) is 0 Å². The number of carbonyl (C=O) groups excluding carboxylic acids is 1. The number of ether oxygens (including phenoxy) is 1. The number of aliphatic hydroxyl groups excluding tert-OH is 1. The minimum Gasteiger partial charge on any atom is -0.507 e. The van der Waals surface area contributed by atoms with Gasteiger partial charge in [0.15, 0.2) is 0 Å². The number of aliphatic hydroxyl groups is 1. The van der Waals surface area contributed by atoms with Crippen LogP contribution in [0.2, 0.25) is 0 Å². The van der Waals surface area contributed by atoms with Gasteiger partial charge in [-0.15, -0.1) is 0 Å². The number of amides is 1. The first-order chi connectivity index (χ1) is 14.0. The first kappa shape index (κ1) is 19.9. The number of benzene rings is 2. The fourth-order valence-corrected chi connectivity index (χ4v) is 2.96. The molecule has 1 heterocycles. The number of anilines is 1. The number of allylic oxidation sites excluding steroid dienone is 2. The minimum atomic E-state index is -0.184. The Morgan fingerprint density at radius 2 is 1.93 bits per heavy atom. The number of rotatable bonds is 6. The zero-order valence-corrected chi connectivity index (χ0v) is 16.3. The Labute approximate surface area is 170 Å². The summed E-state index contributed by atoms with van der Waals surface area (Å²) in [5.41, 5.74) is 4.47. The van der Waals surface area contributed by atoms with E-state index in [1.54, 1.807) is 37.7 Å². The SMILES string of the molecule is C=C/C=C(\O)c1ccc(OC)c(-c2ccc(NC(=O)c3ccncc3C)cc2)c1. The largest absolute Gasteiger partial charge is 0.507 e. The lowest BCUT2D eigenvalue weighted by molar-refractivity contribution is 0.102. The summed E-state index contributed by atoms with van der Waals surface area (Å²) < 4.78 is 5.46. The first-order valence-electron chi connectivity index (χ1n) is 9.06. The van der Waals surface area contributed by atoms with Crippen LogP contribution in [0.25, 0.3) is 16.9 Å². The molecule has 1 aromatic heterocycles. The normalized spacial score (nSPS) is 11.0. The maximum absolute atomic E-state index is 12.5. The molecule has 29 heavy (non-hydrogen) atoms. The molecule has 5 nitrogen and oxygen atoms in total. The van der Waals surface area contributed by atoms with Gasteiger partial charge in [0, 0.05) is 34.8 Å². The molecule has 0 aliphatic rings. The zero-order chi connectivity index (χ0) is 20.8. The quantitative estimate of drug-likeness (QED) is 0.439. The van der Waals surface area contributed by atoms with Crippen LogP contribution in [0.15, 0.2) is 79.7 Å². The molecule has 0 atom stereocenters. The van der Waals surface area contributed by atoms with Gasteiger partial charge in [-0.1, -0.05) is 24.8 Å². The Morgan fingerprint density at radius 1 is 1.17 bits per heavy atom. The van der Waals surface area contributed by atoms with E-state index in [4.69, 9.17) is 4.74 Å². The van der Waals surface area contributed by atoms with Crippen molar-refractivity contribution in [3.8, 4) is 16.9 Å². The van der Waals surface area contributed by atoms with E-state index < -0.39 is 0 Å². The zero-order valence-electron chi connectivity index (χ0n) is 16.3. The van der Waals surface area contributed by atoms with Crippen molar-refractivity contribution < 1.29 is 14.6 Å². The Bertz CT molecular complexity index is 1070. The van der Waals surface area contributed by atoms with E-state index in [2.05, 4.69) is 16.9 Å². The highest BCUT2D eigenvalue weighted by molar-refractivity contribution is 6.05. The van der Waals surface area contributed by atoms with Gasteiger partial charge in [-0.05, 0) is 60.5 Å². The van der Waals surface area contributed by atoms with Crippen LogP contribution in [0.4, 0.5) is 5.69 Å². The smallest absolute Gasteiger partial charge is 0.256 e. The summed E-state index contributed by atoms with van der Waals surface area (Å²) in [4.78, 5) is 16.5. The average Bonchev–Trinajstić information content (AvgIpc) is 2.74. The molecule has 5 heteroatoms. The van der Waals surface area contributed by atoms with E-state index >= 15 is 0 Å². The molecule has 2 aromatic carbocycles. The number of hydrogen-bond donors (Lipinski definition) is 2. The number of nitrogens with one attached hydrogen (secondary N) is 1. The second-order valence-electron chi connectivity index (χ2n) is 6.42. The molecule has 0 aliphatic carbocycles. The molecule has 146 valence electrons. The van der Waals surface area contributed by atoms with Gasteiger partial charge in [-0.2, -0.15) is 0 Å². The standard InChI is InChI=1S/C24H22N2O3/c1-4-5-22(27)18-8-11-23(29-3)21(14-18)17-6-9-19(10-7-17)26-24(28)20-12-13-25-15-16(20)2/h4-15,27H,1H2,2-3H3,(H,26,28)/b22-5-. The average molecular weight is 386 g/mol. The predicted molar refractivity (Wildman–Crippen MR) is 116 cm³/mol. The van der Waals surface area contributed by atoms with Crippen LogP contribution in [0.3, 0.4) is 0 Å². The maximum Gasteiger partial charge on any atom is 0.256 e. The van der Waals surface area contributed by atoms with Crippen molar-refractivity contribution in [3.63, 3.8) is 0 Å². The molecular weight excluding hydrogens is 364 g/mol. The molecule has 0 fully saturated rings. The summed E-state index contributed by atoms with van der Waals surface area (Å²) >= 11 is 0. The molecule has 0 bridgehead atoms. The third kappa shape index (κ3) is 4.52. The summed E-state index contributed by atoms with van der Waals surface area (Å²) in [6, 6.07) is 14.6. The van der Waals surface area contributed by atoms with Crippen LogP contribution in [-0.2, 0) is 0 Å². The summed E-state index contributed by atoms with van der Waals surface area (Å²) in [6.45, 7) is 5.45. The molecule has 3 aromatic rings. The first-order valence-corrected chi connectivity index (χ1v) is 9.06. The molecule has 0 radical (unpaired) electrons. The second kappa shape index (κ2) is 8.89. The fraction of sp³-hybridized carbons (Fsp3) is 0.0833. The lowest BCUT2D eigenvalue weighted by Gasteiger charge is -2.12. The van der Waals surface area contributed by atoms with Crippen LogP contribution in [0.1, 0.15) is 21.5 Å². The fourth-order valence-electron chi connectivity index (χ4n) is 2.96. The Hall–Kier alpha value is -3.86. The molecule has 0 spiro atoms. The molecule has 0 unspecified atom stereocenters. The van der Waals surface area contributed by atoms with Gasteiger partial charge >= 0.3 is 0 Å². The van der Waals surface area contributed by atoms with Gasteiger partial charge in [0.2, 0.25) is 0 Å². The maximum atomic E-state index is 12.5. The molecular formula is C24H22N2O3. The topological polar surface area (TPSA) is 71.5 Å². The van der Waals surface area contributed by atoms with E-state index in [0.717, 1.165) is 16.7 Å². The van der Waals surface area contributed by atoms with Crippen molar-refractivity contribution in [2.24, 2.45) is 0 Å². The van der Waals surface area contributed by atoms with Crippen molar-refractivity contribution in [2.45, 2.75) is 6.92 Å². The van der Waals surface area contributed by atoms with Gasteiger partial charge in [0.25, 0.3) is 5.91 Å². The molecule has 2 N–H and O–H groups in total. The number of hydrogen-bond acceptors (Lipinski definition) is 4. The van der Waals surface area contributed by atoms with E-state index in [1.807, 2.05) is 37.3 Å². The van der Waals surface area contributed by atoms with Gasteiger partial charge in [-0.3, -0.25) is 9.78 Å². The number of nitrogens with zero attached hydrogens (tertiary/aromatic N) is 1. The number of aryl methyl sites for hydroxylation is 1. The molecule has 1 amide bonds. The van der Waals surface area contributed by atoms with E-state index in [-0.39, 0.29) is 11.7 Å². The Morgan fingerprint density at radius 3 is 2.59 bits per heavy atom.